The van der Waals surface area contributed by atoms with Gasteiger partial charge in [-0.15, -0.1) is 0 Å². The molecule has 0 amide bonds. The summed E-state index contributed by atoms with van der Waals surface area (Å²) in [4.78, 5) is 0. The van der Waals surface area contributed by atoms with E-state index in [0.29, 0.717) is 0 Å². The SMILES string of the molecule is CCC(CC)C(O)CNc1cc(F)cc(F)c1N. The Morgan fingerprint density at radius 2 is 1.89 bits per heavy atom. The topological polar surface area (TPSA) is 58.3 Å². The van der Waals surface area contributed by atoms with Gasteiger partial charge in [-0.3, -0.25) is 0 Å². The summed E-state index contributed by atoms with van der Waals surface area (Å²) in [6, 6.07) is 1.86. The van der Waals surface area contributed by atoms with Crippen LogP contribution in [-0.2, 0) is 0 Å². The van der Waals surface area contributed by atoms with Crippen LogP contribution in [0, 0.1) is 17.6 Å². The number of hydrogen-bond acceptors (Lipinski definition) is 3. The zero-order valence-corrected chi connectivity index (χ0v) is 10.7. The second-order valence-electron chi connectivity index (χ2n) is 4.37. The largest absolute Gasteiger partial charge is 0.395 e. The Bertz CT molecular complexity index is 395. The highest BCUT2D eigenvalue weighted by molar-refractivity contribution is 5.66. The van der Waals surface area contributed by atoms with Gasteiger partial charge < -0.3 is 16.2 Å². The average molecular weight is 258 g/mol. The molecule has 3 nitrogen and oxygen atoms in total. The molecule has 0 aliphatic rings. The van der Waals surface area contributed by atoms with Gasteiger partial charge in [-0.2, -0.15) is 0 Å². The van der Waals surface area contributed by atoms with Crippen molar-refractivity contribution in [2.45, 2.75) is 32.8 Å². The van der Waals surface area contributed by atoms with Gasteiger partial charge >= 0.3 is 0 Å². The van der Waals surface area contributed by atoms with Crippen LogP contribution in [0.1, 0.15) is 26.7 Å². The number of nitrogens with two attached hydrogens (primary N) is 1. The van der Waals surface area contributed by atoms with Crippen molar-refractivity contribution >= 4 is 11.4 Å². The zero-order valence-electron chi connectivity index (χ0n) is 10.7. The van der Waals surface area contributed by atoms with E-state index >= 15 is 0 Å². The van der Waals surface area contributed by atoms with E-state index < -0.39 is 17.7 Å². The van der Waals surface area contributed by atoms with Crippen molar-refractivity contribution < 1.29 is 13.9 Å². The number of hydrogen-bond donors (Lipinski definition) is 3. The molecule has 0 spiro atoms. The van der Waals surface area contributed by atoms with Crippen molar-refractivity contribution in [1.29, 1.82) is 0 Å². The first-order valence-corrected chi connectivity index (χ1v) is 6.16. The van der Waals surface area contributed by atoms with Crippen LogP contribution in [0.15, 0.2) is 12.1 Å². The van der Waals surface area contributed by atoms with Crippen molar-refractivity contribution in [2.24, 2.45) is 5.92 Å². The maximum absolute atomic E-state index is 13.2. The first-order chi connectivity index (χ1) is 8.49. The summed E-state index contributed by atoms with van der Waals surface area (Å²) in [5, 5.41) is 12.7. The van der Waals surface area contributed by atoms with E-state index in [0.717, 1.165) is 25.0 Å². The summed E-state index contributed by atoms with van der Waals surface area (Å²) in [6.45, 7) is 4.21. The van der Waals surface area contributed by atoms with Crippen molar-refractivity contribution in [3.05, 3.63) is 23.8 Å². The third kappa shape index (κ3) is 3.57. The minimum Gasteiger partial charge on any atom is -0.395 e. The van der Waals surface area contributed by atoms with Gasteiger partial charge in [-0.25, -0.2) is 8.78 Å². The number of benzene rings is 1. The lowest BCUT2D eigenvalue weighted by molar-refractivity contribution is 0.114. The standard InChI is InChI=1S/C13H20F2N2O/c1-3-8(4-2)12(18)7-17-11-6-9(14)5-10(15)13(11)16/h5-6,8,12,17-18H,3-4,7,16H2,1-2H3. The van der Waals surface area contributed by atoms with Crippen molar-refractivity contribution in [3.8, 4) is 0 Å². The molecule has 1 unspecified atom stereocenters. The molecule has 5 heteroatoms. The van der Waals surface area contributed by atoms with Gasteiger partial charge in [-0.05, 0) is 12.0 Å². The molecule has 1 aromatic carbocycles. The monoisotopic (exact) mass is 258 g/mol. The summed E-state index contributed by atoms with van der Waals surface area (Å²) in [7, 11) is 0. The van der Waals surface area contributed by atoms with E-state index in [1.54, 1.807) is 0 Å². The van der Waals surface area contributed by atoms with Gasteiger partial charge in [0.25, 0.3) is 0 Å². The maximum atomic E-state index is 13.2. The van der Waals surface area contributed by atoms with Crippen LogP contribution in [0.2, 0.25) is 0 Å². The molecule has 0 saturated heterocycles. The lowest BCUT2D eigenvalue weighted by Crippen LogP contribution is -2.28. The summed E-state index contributed by atoms with van der Waals surface area (Å²) >= 11 is 0. The van der Waals surface area contributed by atoms with Crippen molar-refractivity contribution in [1.82, 2.24) is 0 Å². The summed E-state index contributed by atoms with van der Waals surface area (Å²) in [5.41, 5.74) is 5.54. The van der Waals surface area contributed by atoms with E-state index in [4.69, 9.17) is 5.73 Å². The molecule has 0 saturated carbocycles. The molecular formula is C13H20F2N2O. The molecule has 0 radical (unpaired) electrons. The fourth-order valence-corrected chi connectivity index (χ4v) is 1.95. The number of halogens is 2. The quantitative estimate of drug-likeness (QED) is 0.688. The molecule has 0 fully saturated rings. The Kier molecular flexibility index (Phi) is 5.34. The first-order valence-electron chi connectivity index (χ1n) is 6.16. The van der Waals surface area contributed by atoms with E-state index in [2.05, 4.69) is 5.32 Å². The number of nitrogens with one attached hydrogen (secondary N) is 1. The molecule has 0 heterocycles. The summed E-state index contributed by atoms with van der Waals surface area (Å²) < 4.78 is 26.2. The summed E-state index contributed by atoms with van der Waals surface area (Å²) in [5.74, 6) is -1.33. The Morgan fingerprint density at radius 3 is 2.44 bits per heavy atom. The second kappa shape index (κ2) is 6.54. The molecule has 1 atom stereocenters. The Hall–Kier alpha value is -1.36. The molecule has 0 bridgehead atoms. The highest BCUT2D eigenvalue weighted by atomic mass is 19.1. The van der Waals surface area contributed by atoms with Crippen LogP contribution < -0.4 is 11.1 Å². The van der Waals surface area contributed by atoms with E-state index in [1.807, 2.05) is 13.8 Å². The highest BCUT2D eigenvalue weighted by Crippen LogP contribution is 2.24. The van der Waals surface area contributed by atoms with Crippen LogP contribution in [-0.4, -0.2) is 17.8 Å². The molecular weight excluding hydrogens is 238 g/mol. The van der Waals surface area contributed by atoms with Gasteiger partial charge in [0.05, 0.1) is 17.5 Å². The normalized spacial score (nSPS) is 12.8. The fourth-order valence-electron chi connectivity index (χ4n) is 1.95. The predicted octanol–water partition coefficient (Wildman–Crippen LogP) is 2.76. The Labute approximate surface area is 106 Å². The van der Waals surface area contributed by atoms with Crippen LogP contribution in [0.25, 0.3) is 0 Å². The smallest absolute Gasteiger partial charge is 0.151 e. The molecule has 1 aromatic rings. The lowest BCUT2D eigenvalue weighted by Gasteiger charge is -2.21. The van der Waals surface area contributed by atoms with Gasteiger partial charge in [-0.1, -0.05) is 26.7 Å². The zero-order chi connectivity index (χ0) is 13.7. The third-order valence-electron chi connectivity index (χ3n) is 3.19. The molecule has 4 N–H and O–H groups in total. The van der Waals surface area contributed by atoms with E-state index in [9.17, 15) is 13.9 Å². The van der Waals surface area contributed by atoms with Gasteiger partial charge in [0.2, 0.25) is 0 Å². The van der Waals surface area contributed by atoms with Gasteiger partial charge in [0.15, 0.2) is 5.82 Å². The molecule has 0 aliphatic heterocycles. The first kappa shape index (κ1) is 14.7. The second-order valence-corrected chi connectivity index (χ2v) is 4.37. The average Bonchev–Trinajstić information content (AvgIpc) is 2.33. The number of rotatable bonds is 6. The number of anilines is 2. The minimum absolute atomic E-state index is 0.131. The van der Waals surface area contributed by atoms with Gasteiger partial charge in [0, 0.05) is 12.6 Å². The predicted molar refractivity (Wildman–Crippen MR) is 69.3 cm³/mol. The van der Waals surface area contributed by atoms with Crippen LogP contribution in [0.5, 0.6) is 0 Å². The van der Waals surface area contributed by atoms with Crippen LogP contribution in [0.3, 0.4) is 0 Å². The van der Waals surface area contributed by atoms with Crippen molar-refractivity contribution in [2.75, 3.05) is 17.6 Å². The van der Waals surface area contributed by atoms with Crippen molar-refractivity contribution in [3.63, 3.8) is 0 Å². The highest BCUT2D eigenvalue weighted by Gasteiger charge is 2.16. The third-order valence-corrected chi connectivity index (χ3v) is 3.19. The van der Waals surface area contributed by atoms with E-state index in [1.165, 1.54) is 0 Å². The Morgan fingerprint density at radius 1 is 1.28 bits per heavy atom. The van der Waals surface area contributed by atoms with Crippen LogP contribution >= 0.6 is 0 Å². The lowest BCUT2D eigenvalue weighted by atomic mass is 9.96. The number of aliphatic hydroxyl groups is 1. The molecule has 102 valence electrons. The maximum Gasteiger partial charge on any atom is 0.151 e. The summed E-state index contributed by atoms with van der Waals surface area (Å²) in [6.07, 6.45) is 1.14. The number of nitrogen functional groups attached to an aromatic ring is 1. The minimum atomic E-state index is -0.797. The molecule has 0 aliphatic carbocycles. The molecule has 1 rings (SSSR count). The van der Waals surface area contributed by atoms with Gasteiger partial charge in [0.1, 0.15) is 5.82 Å². The van der Waals surface area contributed by atoms with E-state index in [-0.39, 0.29) is 23.8 Å². The van der Waals surface area contributed by atoms with Crippen LogP contribution in [0.4, 0.5) is 20.2 Å². The Balaban J connectivity index is 2.69. The number of aliphatic hydroxyl groups excluding tert-OH is 1. The molecule has 0 aromatic heterocycles. The fraction of sp³-hybridized carbons (Fsp3) is 0.538. The molecule has 18 heavy (non-hydrogen) atoms.